The first kappa shape index (κ1) is 9.70. The van der Waals surface area contributed by atoms with Crippen LogP contribution in [0.5, 0.6) is 0 Å². The van der Waals surface area contributed by atoms with E-state index in [1.54, 1.807) is 34.2 Å². The fraction of sp³-hybridized carbons (Fsp3) is 0.222. The predicted octanol–water partition coefficient (Wildman–Crippen LogP) is -1.37. The maximum atomic E-state index is 11.7. The van der Waals surface area contributed by atoms with Gasteiger partial charge in [-0.1, -0.05) is 6.07 Å². The highest BCUT2D eigenvalue weighted by Gasteiger charge is 2.05. The van der Waals surface area contributed by atoms with E-state index in [0.717, 1.165) is 5.39 Å². The van der Waals surface area contributed by atoms with Crippen LogP contribution >= 0.6 is 0 Å². The summed E-state index contributed by atoms with van der Waals surface area (Å²) >= 11 is 0. The Morgan fingerprint density at radius 2 is 2.27 bits per heavy atom. The van der Waals surface area contributed by atoms with Crippen LogP contribution in [-0.4, -0.2) is 29.4 Å². The number of aryl methyl sites for hydroxylation is 1. The summed E-state index contributed by atoms with van der Waals surface area (Å²) in [6, 6.07) is 1.80. The monoisotopic (exact) mass is 202 g/mol. The zero-order valence-electron chi connectivity index (χ0n) is 8.90. The van der Waals surface area contributed by atoms with E-state index in [0.29, 0.717) is 17.1 Å². The Morgan fingerprint density at radius 3 is 2.93 bits per heavy atom. The summed E-state index contributed by atoms with van der Waals surface area (Å²) in [4.78, 5) is 20.0. The quantitative estimate of drug-likeness (QED) is 0.579. The van der Waals surface area contributed by atoms with Crippen LogP contribution in [0.4, 0.5) is 5.95 Å². The van der Waals surface area contributed by atoms with Crippen LogP contribution in [0.2, 0.25) is 0 Å². The molecule has 0 saturated heterocycles. The third kappa shape index (κ3) is 1.47. The van der Waals surface area contributed by atoms with Crippen molar-refractivity contribution in [3.63, 3.8) is 0 Å². The average molecular weight is 202 g/mol. The molecule has 0 fully saturated rings. The number of nitrogens with zero attached hydrogens (tertiary/aromatic N) is 3. The van der Waals surface area contributed by atoms with Crippen LogP contribution in [0, 0.1) is 0 Å². The lowest BCUT2D eigenvalue weighted by Crippen LogP contribution is -2.33. The lowest BCUT2D eigenvalue weighted by molar-refractivity contribution is 0.891. The topological polar surface area (TPSA) is 59.8 Å². The number of fused-ring (bicyclic) bond motifs is 1. The average Bonchev–Trinajstić information content (AvgIpc) is 2.26. The molecule has 0 radical (unpaired) electrons. The molecule has 2 aromatic rings. The molecule has 0 atom stereocenters. The Kier molecular flexibility index (Phi) is 2.19. The van der Waals surface area contributed by atoms with Gasteiger partial charge in [0.05, 0.1) is 0 Å². The number of nitrogens with one attached hydrogen (secondary N) is 1. The molecule has 0 aliphatic rings. The van der Waals surface area contributed by atoms with Crippen molar-refractivity contribution in [3.8, 4) is 0 Å². The van der Waals surface area contributed by atoms with Crippen LogP contribution in [0.25, 0.3) is 11.0 Å². The number of rotatable bonds is 1. The van der Waals surface area contributed by atoms with Crippen molar-refractivity contribution in [2.75, 3.05) is 12.4 Å². The van der Waals surface area contributed by atoms with E-state index < -0.39 is 0 Å². The zero-order valence-corrected chi connectivity index (χ0v) is 8.90. The molecule has 0 amide bonds. The van der Waals surface area contributed by atoms with Crippen LogP contribution in [0.15, 0.2) is 17.1 Å². The lowest BCUT2D eigenvalue weighted by Gasteiger charge is -2.06. The number of anilines is 1. The highest BCUT2D eigenvalue weighted by Crippen LogP contribution is 2.07. The van der Waals surface area contributed by atoms with Gasteiger partial charge in [0.2, 0.25) is 11.5 Å². The highest BCUT2D eigenvalue weighted by atomic mass is 16.1. The minimum absolute atomic E-state index is 0.0248. The number of pyridine rings is 1. The minimum Gasteiger partial charge on any atom is -0.357 e. The third-order valence-electron chi connectivity index (χ3n) is 2.35. The second-order valence-corrected chi connectivity index (χ2v) is 3.41. The van der Waals surface area contributed by atoms with Crippen LogP contribution in [-0.2, 0) is 7.05 Å². The first-order valence-corrected chi connectivity index (χ1v) is 4.64. The largest absolute Gasteiger partial charge is 0.357 e. The summed E-state index contributed by atoms with van der Waals surface area (Å²) in [5.74, 6) is 0.515. The fourth-order valence-electron chi connectivity index (χ4n) is 1.53. The van der Waals surface area contributed by atoms with Gasteiger partial charge in [-0.05, 0) is 5.46 Å². The number of aromatic nitrogens is 3. The van der Waals surface area contributed by atoms with E-state index in [1.807, 2.05) is 0 Å². The Labute approximate surface area is 87.6 Å². The van der Waals surface area contributed by atoms with Gasteiger partial charge in [0, 0.05) is 25.7 Å². The maximum absolute atomic E-state index is 11.7. The molecule has 0 unspecified atom stereocenters. The van der Waals surface area contributed by atoms with Crippen molar-refractivity contribution in [3.05, 3.63) is 22.6 Å². The van der Waals surface area contributed by atoms with E-state index in [2.05, 4.69) is 15.3 Å². The molecule has 15 heavy (non-hydrogen) atoms. The molecule has 1 N–H and O–H groups in total. The Hall–Kier alpha value is -1.85. The first-order valence-electron chi connectivity index (χ1n) is 4.64. The van der Waals surface area contributed by atoms with Crippen LogP contribution < -0.4 is 16.3 Å². The van der Waals surface area contributed by atoms with Gasteiger partial charge in [-0.2, -0.15) is 4.98 Å². The molecular weight excluding hydrogens is 191 g/mol. The van der Waals surface area contributed by atoms with Gasteiger partial charge in [0.15, 0.2) is 0 Å². The molecule has 5 nitrogen and oxygen atoms in total. The van der Waals surface area contributed by atoms with Crippen molar-refractivity contribution in [2.24, 2.45) is 7.05 Å². The summed E-state index contributed by atoms with van der Waals surface area (Å²) in [6.07, 6.45) is 1.71. The normalized spacial score (nSPS) is 10.5. The summed E-state index contributed by atoms with van der Waals surface area (Å²) in [6.45, 7) is 0. The van der Waals surface area contributed by atoms with Crippen molar-refractivity contribution >= 4 is 30.3 Å². The molecule has 0 aromatic carbocycles. The molecule has 0 saturated carbocycles. The van der Waals surface area contributed by atoms with Gasteiger partial charge >= 0.3 is 0 Å². The van der Waals surface area contributed by atoms with Crippen LogP contribution in [0.3, 0.4) is 0 Å². The molecule has 2 heterocycles. The smallest absolute Gasteiger partial charge is 0.245 e. The zero-order chi connectivity index (χ0) is 11.0. The second-order valence-electron chi connectivity index (χ2n) is 3.41. The molecule has 0 aliphatic carbocycles. The maximum Gasteiger partial charge on any atom is 0.245 e. The number of hydrogen-bond donors (Lipinski definition) is 1. The van der Waals surface area contributed by atoms with Gasteiger partial charge < -0.3 is 5.32 Å². The van der Waals surface area contributed by atoms with Crippen molar-refractivity contribution in [2.45, 2.75) is 0 Å². The fourth-order valence-corrected chi connectivity index (χ4v) is 1.53. The summed E-state index contributed by atoms with van der Waals surface area (Å²) < 4.78 is 1.53. The molecule has 2 rings (SSSR count). The molecule has 0 spiro atoms. The summed E-state index contributed by atoms with van der Waals surface area (Å²) in [7, 11) is 5.24. The summed E-state index contributed by atoms with van der Waals surface area (Å²) in [5, 5.41) is 3.71. The lowest BCUT2D eigenvalue weighted by atomic mass is 9.97. The van der Waals surface area contributed by atoms with Gasteiger partial charge in [-0.15, -0.1) is 0 Å². The van der Waals surface area contributed by atoms with E-state index >= 15 is 0 Å². The Balaban J connectivity index is 2.88. The van der Waals surface area contributed by atoms with Crippen LogP contribution in [0.1, 0.15) is 0 Å². The van der Waals surface area contributed by atoms with E-state index in [1.165, 1.54) is 4.57 Å². The highest BCUT2D eigenvalue weighted by molar-refractivity contribution is 6.32. The molecule has 6 heteroatoms. The first-order chi connectivity index (χ1) is 7.13. The Bertz CT molecular complexity index is 578. The minimum atomic E-state index is -0.0248. The molecule has 0 aliphatic heterocycles. The second kappa shape index (κ2) is 3.38. The van der Waals surface area contributed by atoms with Crippen molar-refractivity contribution in [1.29, 1.82) is 0 Å². The van der Waals surface area contributed by atoms with E-state index in [9.17, 15) is 4.79 Å². The van der Waals surface area contributed by atoms with Crippen molar-refractivity contribution in [1.82, 2.24) is 14.5 Å². The van der Waals surface area contributed by atoms with E-state index in [4.69, 9.17) is 0 Å². The van der Waals surface area contributed by atoms with Gasteiger partial charge in [-0.25, -0.2) is 4.98 Å². The van der Waals surface area contributed by atoms with Gasteiger partial charge in [-0.3, -0.25) is 9.36 Å². The molecular formula is C9H11BN4O. The van der Waals surface area contributed by atoms with Crippen molar-refractivity contribution < 1.29 is 0 Å². The standard InChI is InChI=1S/C9H11BN4O/c1-11-9-12-4-5-3-6(10)8(15)14(2)7(5)13-9/h3-4H,10H2,1-2H3,(H,11,12,13). The molecule has 2 aromatic heterocycles. The predicted molar refractivity (Wildman–Crippen MR) is 62.5 cm³/mol. The van der Waals surface area contributed by atoms with E-state index in [-0.39, 0.29) is 5.56 Å². The number of hydrogen-bond acceptors (Lipinski definition) is 4. The summed E-state index contributed by atoms with van der Waals surface area (Å²) in [5.41, 5.74) is 1.32. The molecule has 76 valence electrons. The third-order valence-corrected chi connectivity index (χ3v) is 2.35. The van der Waals surface area contributed by atoms with Gasteiger partial charge in [0.1, 0.15) is 13.5 Å². The Morgan fingerprint density at radius 1 is 1.53 bits per heavy atom. The van der Waals surface area contributed by atoms with Gasteiger partial charge in [0.25, 0.3) is 0 Å². The SMILES string of the molecule is Bc1cc2cnc(NC)nc2n(C)c1=O. The molecule has 0 bridgehead atoms.